The van der Waals surface area contributed by atoms with Crippen molar-refractivity contribution in [2.45, 2.75) is 50.5 Å². The number of carbonyl (C=O) groups excluding carboxylic acids is 2. The lowest BCUT2D eigenvalue weighted by Crippen LogP contribution is -2.62. The van der Waals surface area contributed by atoms with Crippen molar-refractivity contribution in [1.82, 2.24) is 9.88 Å². The number of carbonyl (C=O) groups is 2. The maximum atomic E-state index is 13.0. The summed E-state index contributed by atoms with van der Waals surface area (Å²) >= 11 is 0. The molecule has 1 aromatic heterocycles. The number of amides is 1. The summed E-state index contributed by atoms with van der Waals surface area (Å²) in [4.78, 5) is 31.0. The van der Waals surface area contributed by atoms with Crippen LogP contribution in [0, 0.1) is 29.1 Å². The zero-order valence-electron chi connectivity index (χ0n) is 15.5. The van der Waals surface area contributed by atoms with E-state index in [1.54, 1.807) is 18.2 Å². The average Bonchev–Trinajstić information content (AvgIpc) is 2.66. The number of nitrogens with zero attached hydrogens (tertiary/aromatic N) is 3. The third kappa shape index (κ3) is 3.55. The van der Waals surface area contributed by atoms with E-state index in [0.29, 0.717) is 30.7 Å². The molecule has 0 saturated heterocycles. The summed E-state index contributed by atoms with van der Waals surface area (Å²) in [7, 11) is 0. The molecule has 1 amide bonds. The molecule has 4 aliphatic carbocycles. The molecule has 0 spiro atoms. The van der Waals surface area contributed by atoms with Gasteiger partial charge in [-0.1, -0.05) is 6.07 Å². The predicted octanol–water partition coefficient (Wildman–Crippen LogP) is 2.95. The Kier molecular flexibility index (Phi) is 4.86. The van der Waals surface area contributed by atoms with Gasteiger partial charge in [0, 0.05) is 18.3 Å². The van der Waals surface area contributed by atoms with E-state index in [1.807, 2.05) is 4.90 Å². The molecule has 0 aliphatic heterocycles. The van der Waals surface area contributed by atoms with E-state index < -0.39 is 5.97 Å². The fourth-order valence-electron chi connectivity index (χ4n) is 5.95. The van der Waals surface area contributed by atoms with Gasteiger partial charge in [0.2, 0.25) is 0 Å². The Bertz CT molecular complexity index is 720. The summed E-state index contributed by atoms with van der Waals surface area (Å²) in [5.41, 5.74) is 0.0590. The molecule has 0 unspecified atom stereocenters. The van der Waals surface area contributed by atoms with Gasteiger partial charge >= 0.3 is 5.97 Å². The van der Waals surface area contributed by atoms with E-state index in [0.717, 1.165) is 19.3 Å². The first-order valence-electron chi connectivity index (χ1n) is 9.85. The van der Waals surface area contributed by atoms with E-state index >= 15 is 0 Å². The quantitative estimate of drug-likeness (QED) is 0.722. The van der Waals surface area contributed by atoms with Crippen molar-refractivity contribution in [1.29, 1.82) is 5.26 Å². The van der Waals surface area contributed by atoms with Crippen molar-refractivity contribution in [3.05, 3.63) is 30.1 Å². The summed E-state index contributed by atoms with van der Waals surface area (Å²) < 4.78 is 5.24. The Morgan fingerprint density at radius 1 is 1.19 bits per heavy atom. The van der Waals surface area contributed by atoms with Crippen LogP contribution in [0.4, 0.5) is 0 Å². The summed E-state index contributed by atoms with van der Waals surface area (Å²) in [6.45, 7) is 0.130. The van der Waals surface area contributed by atoms with Crippen LogP contribution in [-0.2, 0) is 9.53 Å². The molecule has 6 nitrogen and oxygen atoms in total. The van der Waals surface area contributed by atoms with Crippen molar-refractivity contribution in [2.24, 2.45) is 17.8 Å². The van der Waals surface area contributed by atoms with Crippen LogP contribution < -0.4 is 0 Å². The number of aromatic nitrogens is 1. The summed E-state index contributed by atoms with van der Waals surface area (Å²) in [6.07, 6.45) is 8.78. The minimum Gasteiger partial charge on any atom is -0.451 e. The average molecular weight is 367 g/mol. The van der Waals surface area contributed by atoms with E-state index in [1.165, 1.54) is 25.5 Å². The topological polar surface area (TPSA) is 83.3 Å². The molecule has 0 aromatic carbocycles. The van der Waals surface area contributed by atoms with Gasteiger partial charge in [0.1, 0.15) is 5.69 Å². The number of rotatable bonds is 6. The summed E-state index contributed by atoms with van der Waals surface area (Å²) in [6, 6.07) is 7.16. The number of hydrogen-bond acceptors (Lipinski definition) is 5. The number of pyridine rings is 1. The largest absolute Gasteiger partial charge is 0.451 e. The lowest BCUT2D eigenvalue weighted by molar-refractivity contribution is -0.153. The van der Waals surface area contributed by atoms with Crippen LogP contribution in [0.5, 0.6) is 0 Å². The molecule has 4 bridgehead atoms. The summed E-state index contributed by atoms with van der Waals surface area (Å²) in [5, 5.41) is 9.06. The third-order valence-corrected chi connectivity index (χ3v) is 6.53. The van der Waals surface area contributed by atoms with Gasteiger partial charge in [-0.25, -0.2) is 9.78 Å². The molecule has 5 rings (SSSR count). The minimum absolute atomic E-state index is 0.139. The van der Waals surface area contributed by atoms with Gasteiger partial charge in [-0.2, -0.15) is 5.26 Å². The number of esters is 1. The van der Waals surface area contributed by atoms with Crippen LogP contribution in [0.25, 0.3) is 0 Å². The van der Waals surface area contributed by atoms with Crippen molar-refractivity contribution >= 4 is 11.9 Å². The Morgan fingerprint density at radius 3 is 2.41 bits per heavy atom. The molecule has 142 valence electrons. The van der Waals surface area contributed by atoms with Gasteiger partial charge in [0.05, 0.1) is 12.5 Å². The Hall–Kier alpha value is -2.42. The number of hydrogen-bond donors (Lipinski definition) is 0. The van der Waals surface area contributed by atoms with E-state index in [-0.39, 0.29) is 23.7 Å². The van der Waals surface area contributed by atoms with Gasteiger partial charge < -0.3 is 9.64 Å². The lowest BCUT2D eigenvalue weighted by Gasteiger charge is -2.60. The fourth-order valence-corrected chi connectivity index (χ4v) is 5.95. The Balaban J connectivity index is 1.46. The molecular weight excluding hydrogens is 342 g/mol. The molecule has 4 saturated carbocycles. The van der Waals surface area contributed by atoms with E-state index in [2.05, 4.69) is 11.1 Å². The van der Waals surface area contributed by atoms with Crippen molar-refractivity contribution in [3.63, 3.8) is 0 Å². The van der Waals surface area contributed by atoms with Crippen LogP contribution in [0.2, 0.25) is 0 Å². The first-order chi connectivity index (χ1) is 13.1. The van der Waals surface area contributed by atoms with Crippen LogP contribution in [0.1, 0.15) is 55.4 Å². The Labute approximate surface area is 159 Å². The van der Waals surface area contributed by atoms with Crippen LogP contribution in [0.15, 0.2) is 24.4 Å². The van der Waals surface area contributed by atoms with Gasteiger partial charge in [0.25, 0.3) is 5.91 Å². The minimum atomic E-state index is -0.588. The molecule has 27 heavy (non-hydrogen) atoms. The smallest absolute Gasteiger partial charge is 0.357 e. The maximum Gasteiger partial charge on any atom is 0.357 e. The highest BCUT2D eigenvalue weighted by Crippen LogP contribution is 2.57. The highest BCUT2D eigenvalue weighted by molar-refractivity contribution is 5.89. The number of nitriles is 1. The zero-order valence-corrected chi connectivity index (χ0v) is 15.5. The van der Waals surface area contributed by atoms with Crippen LogP contribution in [-0.4, -0.2) is 40.5 Å². The van der Waals surface area contributed by atoms with E-state index in [4.69, 9.17) is 10.00 Å². The lowest BCUT2D eigenvalue weighted by atomic mass is 9.52. The maximum absolute atomic E-state index is 13.0. The number of ether oxygens (including phenoxy) is 1. The molecule has 1 aromatic rings. The zero-order chi connectivity index (χ0) is 18.9. The molecule has 6 heteroatoms. The SMILES string of the molecule is N#CCCN(C(=O)COC(=O)c1ccccn1)C12CC3CC(CC(C3)C1)C2. The van der Waals surface area contributed by atoms with Crippen LogP contribution >= 0.6 is 0 Å². The summed E-state index contributed by atoms with van der Waals surface area (Å²) in [5.74, 6) is 1.32. The van der Waals surface area contributed by atoms with Crippen LogP contribution in [0.3, 0.4) is 0 Å². The van der Waals surface area contributed by atoms with Gasteiger partial charge in [-0.15, -0.1) is 0 Å². The fraction of sp³-hybridized carbons (Fsp3) is 0.619. The monoisotopic (exact) mass is 367 g/mol. The molecule has 4 aliphatic rings. The predicted molar refractivity (Wildman–Crippen MR) is 97.4 cm³/mol. The molecule has 0 radical (unpaired) electrons. The van der Waals surface area contributed by atoms with Crippen molar-refractivity contribution in [3.8, 4) is 6.07 Å². The third-order valence-electron chi connectivity index (χ3n) is 6.53. The molecule has 0 N–H and O–H groups in total. The van der Waals surface area contributed by atoms with Gasteiger partial charge in [0.15, 0.2) is 6.61 Å². The molecule has 1 heterocycles. The normalized spacial score (nSPS) is 30.6. The molecule has 0 atom stereocenters. The van der Waals surface area contributed by atoms with Gasteiger partial charge in [-0.3, -0.25) is 4.79 Å². The molecule has 4 fully saturated rings. The second kappa shape index (κ2) is 7.30. The first-order valence-corrected chi connectivity index (χ1v) is 9.85. The van der Waals surface area contributed by atoms with E-state index in [9.17, 15) is 9.59 Å². The Morgan fingerprint density at radius 2 is 1.85 bits per heavy atom. The van der Waals surface area contributed by atoms with Crippen molar-refractivity contribution in [2.75, 3.05) is 13.2 Å². The van der Waals surface area contributed by atoms with Crippen molar-refractivity contribution < 1.29 is 14.3 Å². The van der Waals surface area contributed by atoms with Gasteiger partial charge in [-0.05, 0) is 68.4 Å². The highest BCUT2D eigenvalue weighted by atomic mass is 16.5. The molecular formula is C21H25N3O3. The second-order valence-electron chi connectivity index (χ2n) is 8.39. The second-order valence-corrected chi connectivity index (χ2v) is 8.39. The standard InChI is InChI=1S/C21H25N3O3/c22-5-3-7-24(19(25)14-27-20(26)18-4-1-2-6-23-18)21-11-15-8-16(12-21)10-17(9-15)13-21/h1-2,4,6,15-17H,3,7-14H2. The highest BCUT2D eigenvalue weighted by Gasteiger charge is 2.54. The first kappa shape index (κ1) is 18.0.